The summed E-state index contributed by atoms with van der Waals surface area (Å²) in [6, 6.07) is 3.17. The molecule has 2 N–H and O–H groups in total. The van der Waals surface area contributed by atoms with Gasteiger partial charge in [0.1, 0.15) is 0 Å². The molecule has 0 radical (unpaired) electrons. The number of esters is 1. The average molecular weight is 286 g/mol. The molecule has 0 aromatic heterocycles. The molecule has 1 heterocycles. The van der Waals surface area contributed by atoms with E-state index in [0.29, 0.717) is 29.5 Å². The van der Waals surface area contributed by atoms with Gasteiger partial charge in [0.2, 0.25) is 6.79 Å². The second kappa shape index (κ2) is 6.12. The molecule has 0 spiro atoms. The molecule has 0 saturated carbocycles. The highest BCUT2D eigenvalue weighted by Gasteiger charge is 2.19. The summed E-state index contributed by atoms with van der Waals surface area (Å²) in [6.07, 6.45) is 0.646. The molecule has 0 saturated heterocycles. The van der Waals surface area contributed by atoms with E-state index < -0.39 is 0 Å². The van der Waals surface area contributed by atoms with Crippen LogP contribution in [0.5, 0.6) is 11.5 Å². The largest absolute Gasteiger partial charge is 0.466 e. The maximum atomic E-state index is 11.3. The fourth-order valence-corrected chi connectivity index (χ4v) is 2.14. The highest BCUT2D eigenvalue weighted by Crippen LogP contribution is 2.37. The maximum absolute atomic E-state index is 11.3. The molecule has 1 atom stereocenters. The van der Waals surface area contributed by atoms with Crippen molar-refractivity contribution in [1.29, 1.82) is 0 Å². The lowest BCUT2D eigenvalue weighted by Gasteiger charge is -2.12. The van der Waals surface area contributed by atoms with E-state index in [9.17, 15) is 4.79 Å². The number of ether oxygens (including phenoxy) is 3. The second-order valence-corrected chi connectivity index (χ2v) is 4.68. The highest BCUT2D eigenvalue weighted by molar-refractivity contribution is 6.31. The van der Waals surface area contributed by atoms with Gasteiger partial charge in [0.25, 0.3) is 0 Å². The van der Waals surface area contributed by atoms with Crippen LogP contribution in [0, 0.1) is 0 Å². The third kappa shape index (κ3) is 3.52. The number of nitrogens with two attached hydrogens (primary N) is 1. The zero-order chi connectivity index (χ0) is 13.8. The fourth-order valence-electron chi connectivity index (χ4n) is 1.90. The fraction of sp³-hybridized carbons (Fsp3) is 0.462. The van der Waals surface area contributed by atoms with Gasteiger partial charge in [0.15, 0.2) is 11.5 Å². The molecule has 19 heavy (non-hydrogen) atoms. The van der Waals surface area contributed by atoms with Gasteiger partial charge in [-0.3, -0.25) is 4.79 Å². The predicted molar refractivity (Wildman–Crippen MR) is 70.5 cm³/mol. The number of benzene rings is 1. The molecule has 0 bridgehead atoms. The maximum Gasteiger partial charge on any atom is 0.307 e. The third-order valence-corrected chi connectivity index (χ3v) is 3.11. The summed E-state index contributed by atoms with van der Waals surface area (Å²) in [7, 11) is 0. The number of halogens is 1. The van der Waals surface area contributed by atoms with Gasteiger partial charge >= 0.3 is 5.97 Å². The van der Waals surface area contributed by atoms with Gasteiger partial charge in [-0.1, -0.05) is 11.6 Å². The van der Waals surface area contributed by atoms with Crippen molar-refractivity contribution < 1.29 is 19.0 Å². The van der Waals surface area contributed by atoms with E-state index in [4.69, 9.17) is 31.5 Å². The van der Waals surface area contributed by atoms with Crippen LogP contribution in [0.25, 0.3) is 0 Å². The topological polar surface area (TPSA) is 70.8 Å². The molecule has 1 unspecified atom stereocenters. The molecule has 1 aromatic carbocycles. The number of fused-ring (bicyclic) bond motifs is 1. The Kier molecular flexibility index (Phi) is 4.50. The Bertz CT molecular complexity index is 478. The Labute approximate surface area is 116 Å². The van der Waals surface area contributed by atoms with E-state index in [1.54, 1.807) is 19.1 Å². The van der Waals surface area contributed by atoms with Gasteiger partial charge in [-0.2, -0.15) is 0 Å². The summed E-state index contributed by atoms with van der Waals surface area (Å²) < 4.78 is 15.4. The van der Waals surface area contributed by atoms with Crippen LogP contribution in [0.3, 0.4) is 0 Å². The molecule has 5 nitrogen and oxygen atoms in total. The lowest BCUT2D eigenvalue weighted by atomic mass is 10.0. The minimum atomic E-state index is -0.336. The number of carbonyl (C=O) groups is 1. The zero-order valence-corrected chi connectivity index (χ0v) is 11.4. The van der Waals surface area contributed by atoms with Gasteiger partial charge in [-0.05, 0) is 25.0 Å². The molecular formula is C13H16ClNO4. The van der Waals surface area contributed by atoms with Gasteiger partial charge in [-0.15, -0.1) is 0 Å². The van der Waals surface area contributed by atoms with E-state index in [1.165, 1.54) is 0 Å². The molecule has 1 aliphatic heterocycles. The predicted octanol–water partition coefficient (Wildman–Crippen LogP) is 1.89. The Morgan fingerprint density at radius 3 is 2.84 bits per heavy atom. The first-order valence-corrected chi connectivity index (χ1v) is 6.47. The molecule has 0 aliphatic carbocycles. The normalized spacial score (nSPS) is 14.3. The molecule has 0 amide bonds. The SMILES string of the molecule is CCOC(=O)CC(N)Cc1cc2c(cc1Cl)OCO2. The Hall–Kier alpha value is -1.46. The van der Waals surface area contributed by atoms with Crippen LogP contribution in [0.2, 0.25) is 5.02 Å². The van der Waals surface area contributed by atoms with Crippen molar-refractivity contribution in [3.05, 3.63) is 22.7 Å². The van der Waals surface area contributed by atoms with Gasteiger partial charge in [0.05, 0.1) is 13.0 Å². The van der Waals surface area contributed by atoms with Crippen molar-refractivity contribution in [2.24, 2.45) is 5.73 Å². The monoisotopic (exact) mass is 285 g/mol. The van der Waals surface area contributed by atoms with Crippen LogP contribution < -0.4 is 15.2 Å². The highest BCUT2D eigenvalue weighted by atomic mass is 35.5. The van der Waals surface area contributed by atoms with Crippen molar-refractivity contribution in [3.63, 3.8) is 0 Å². The summed E-state index contributed by atoms with van der Waals surface area (Å²) in [5.41, 5.74) is 6.76. The Balaban J connectivity index is 2.01. The van der Waals surface area contributed by atoms with Crippen LogP contribution in [0.4, 0.5) is 0 Å². The summed E-state index contributed by atoms with van der Waals surface area (Å²) in [5, 5.41) is 0.559. The summed E-state index contributed by atoms with van der Waals surface area (Å²) in [6.45, 7) is 2.32. The van der Waals surface area contributed by atoms with E-state index >= 15 is 0 Å². The molecule has 1 aliphatic rings. The number of rotatable bonds is 5. The van der Waals surface area contributed by atoms with Gasteiger partial charge in [0, 0.05) is 17.1 Å². The summed E-state index contributed by atoms with van der Waals surface area (Å²) in [5.74, 6) is 0.988. The van der Waals surface area contributed by atoms with Crippen LogP contribution in [-0.4, -0.2) is 25.4 Å². The van der Waals surface area contributed by atoms with Crippen molar-refractivity contribution in [1.82, 2.24) is 0 Å². The molecule has 6 heteroatoms. The first kappa shape index (κ1) is 14.0. The lowest BCUT2D eigenvalue weighted by molar-refractivity contribution is -0.143. The number of hydrogen-bond acceptors (Lipinski definition) is 5. The molecule has 104 valence electrons. The van der Waals surface area contributed by atoms with Gasteiger partial charge < -0.3 is 19.9 Å². The van der Waals surface area contributed by atoms with E-state index in [2.05, 4.69) is 0 Å². The smallest absolute Gasteiger partial charge is 0.307 e. The van der Waals surface area contributed by atoms with Crippen LogP contribution in [0.15, 0.2) is 12.1 Å². The van der Waals surface area contributed by atoms with Crippen LogP contribution >= 0.6 is 11.6 Å². The van der Waals surface area contributed by atoms with Crippen LogP contribution in [0.1, 0.15) is 18.9 Å². The molecule has 1 aromatic rings. The number of hydrogen-bond donors (Lipinski definition) is 1. The molecule has 0 fully saturated rings. The van der Waals surface area contributed by atoms with E-state index in [0.717, 1.165) is 5.56 Å². The zero-order valence-electron chi connectivity index (χ0n) is 10.6. The molecule has 2 rings (SSSR count). The van der Waals surface area contributed by atoms with Crippen molar-refractivity contribution >= 4 is 17.6 Å². The standard InChI is InChI=1S/C13H16ClNO4/c1-2-17-13(16)5-9(15)3-8-4-11-12(6-10(8)14)19-7-18-11/h4,6,9H,2-3,5,7,15H2,1H3. The van der Waals surface area contributed by atoms with Gasteiger partial charge in [-0.25, -0.2) is 0 Å². The van der Waals surface area contributed by atoms with Crippen molar-refractivity contribution in [3.8, 4) is 11.5 Å². The van der Waals surface area contributed by atoms with E-state index in [1.807, 2.05) is 0 Å². The van der Waals surface area contributed by atoms with Crippen molar-refractivity contribution in [2.45, 2.75) is 25.8 Å². The minimum absolute atomic E-state index is 0.165. The molecular weight excluding hydrogens is 270 g/mol. The first-order chi connectivity index (χ1) is 9.10. The minimum Gasteiger partial charge on any atom is -0.466 e. The summed E-state index contributed by atoms with van der Waals surface area (Å²) >= 11 is 6.14. The lowest BCUT2D eigenvalue weighted by Crippen LogP contribution is -2.27. The van der Waals surface area contributed by atoms with E-state index in [-0.39, 0.29) is 25.2 Å². The number of carbonyl (C=O) groups excluding carboxylic acids is 1. The average Bonchev–Trinajstić information content (AvgIpc) is 2.76. The Morgan fingerprint density at radius 2 is 2.16 bits per heavy atom. The van der Waals surface area contributed by atoms with Crippen molar-refractivity contribution in [2.75, 3.05) is 13.4 Å². The summed E-state index contributed by atoms with van der Waals surface area (Å²) in [4.78, 5) is 11.3. The first-order valence-electron chi connectivity index (χ1n) is 6.09. The third-order valence-electron chi connectivity index (χ3n) is 2.76. The van der Waals surface area contributed by atoms with Crippen LogP contribution in [-0.2, 0) is 16.0 Å². The Morgan fingerprint density at radius 1 is 1.47 bits per heavy atom. The quantitative estimate of drug-likeness (QED) is 0.837. The second-order valence-electron chi connectivity index (χ2n) is 4.27.